The van der Waals surface area contributed by atoms with E-state index in [9.17, 15) is 26.4 Å². The fourth-order valence-corrected chi connectivity index (χ4v) is 3.20. The molecule has 0 radical (unpaired) electrons. The number of alkyl halides is 3. The lowest BCUT2D eigenvalue weighted by molar-refractivity contribution is -0.176. The summed E-state index contributed by atoms with van der Waals surface area (Å²) in [6, 6.07) is 10.8. The summed E-state index contributed by atoms with van der Waals surface area (Å²) in [6.45, 7) is 0.385. The second-order valence-corrected chi connectivity index (χ2v) is 8.18. The maximum atomic E-state index is 12.5. The number of aryl methyl sites for hydroxylation is 1. The standard InChI is InChI=1S/C19H21F3N2O4S/c1-13-3-8-16(29(26,27)23-2)9-17(13)18(25)24-10-14-4-6-15(7-5-14)11-28-12-19(20,21)22/h3-9,23H,10-12H2,1-2H3,(H,24,25). The van der Waals surface area contributed by atoms with E-state index in [1.165, 1.54) is 19.2 Å². The van der Waals surface area contributed by atoms with Crippen LogP contribution in [-0.4, -0.2) is 34.2 Å². The lowest BCUT2D eigenvalue weighted by Crippen LogP contribution is -2.25. The van der Waals surface area contributed by atoms with Crippen molar-refractivity contribution in [1.29, 1.82) is 0 Å². The molecule has 0 aliphatic carbocycles. The van der Waals surface area contributed by atoms with Gasteiger partial charge in [-0.25, -0.2) is 13.1 Å². The molecular formula is C19H21F3N2O4S. The Morgan fingerprint density at radius 1 is 1.07 bits per heavy atom. The first-order chi connectivity index (χ1) is 13.5. The van der Waals surface area contributed by atoms with Crippen LogP contribution in [0.5, 0.6) is 0 Å². The second kappa shape index (κ2) is 9.38. The topological polar surface area (TPSA) is 84.5 Å². The number of amides is 1. The summed E-state index contributed by atoms with van der Waals surface area (Å²) in [5.41, 5.74) is 2.16. The molecule has 2 aromatic rings. The van der Waals surface area contributed by atoms with E-state index < -0.39 is 28.7 Å². The lowest BCUT2D eigenvalue weighted by Gasteiger charge is -2.11. The van der Waals surface area contributed by atoms with Crippen molar-refractivity contribution in [3.8, 4) is 0 Å². The molecule has 0 fully saturated rings. The Morgan fingerprint density at radius 2 is 1.69 bits per heavy atom. The number of hydrogen-bond acceptors (Lipinski definition) is 4. The Bertz CT molecular complexity index is 958. The summed E-state index contributed by atoms with van der Waals surface area (Å²) in [5, 5.41) is 2.70. The van der Waals surface area contributed by atoms with Crippen LogP contribution in [0, 0.1) is 6.92 Å². The van der Waals surface area contributed by atoms with Crippen molar-refractivity contribution in [2.24, 2.45) is 0 Å². The van der Waals surface area contributed by atoms with Gasteiger partial charge in [0.25, 0.3) is 5.91 Å². The van der Waals surface area contributed by atoms with Gasteiger partial charge in [0.15, 0.2) is 0 Å². The van der Waals surface area contributed by atoms with Crippen LogP contribution in [0.1, 0.15) is 27.0 Å². The molecule has 1 amide bonds. The monoisotopic (exact) mass is 430 g/mol. The lowest BCUT2D eigenvalue weighted by atomic mass is 10.1. The van der Waals surface area contributed by atoms with Gasteiger partial charge in [0.2, 0.25) is 10.0 Å². The summed E-state index contributed by atoms with van der Waals surface area (Å²) < 4.78 is 66.8. The molecule has 0 unspecified atom stereocenters. The minimum absolute atomic E-state index is 0.0149. The van der Waals surface area contributed by atoms with Crippen molar-refractivity contribution >= 4 is 15.9 Å². The third-order valence-electron chi connectivity index (χ3n) is 4.04. The van der Waals surface area contributed by atoms with Crippen molar-refractivity contribution in [3.05, 3.63) is 64.7 Å². The maximum absolute atomic E-state index is 12.5. The van der Waals surface area contributed by atoms with Crippen molar-refractivity contribution in [2.45, 2.75) is 31.1 Å². The molecular weight excluding hydrogens is 409 g/mol. The molecule has 2 rings (SSSR count). The first-order valence-electron chi connectivity index (χ1n) is 8.56. The van der Waals surface area contributed by atoms with E-state index in [-0.39, 0.29) is 23.6 Å². The molecule has 2 aromatic carbocycles. The van der Waals surface area contributed by atoms with Crippen molar-refractivity contribution in [3.63, 3.8) is 0 Å². The fourth-order valence-electron chi connectivity index (χ4n) is 2.45. The first-order valence-corrected chi connectivity index (χ1v) is 10.0. The van der Waals surface area contributed by atoms with Crippen LogP contribution in [0.25, 0.3) is 0 Å². The summed E-state index contributed by atoms with van der Waals surface area (Å²) >= 11 is 0. The minimum Gasteiger partial charge on any atom is -0.367 e. The SMILES string of the molecule is CNS(=O)(=O)c1ccc(C)c(C(=O)NCc2ccc(COCC(F)(F)F)cc2)c1. The molecule has 0 aromatic heterocycles. The Labute approximate surface area is 167 Å². The highest BCUT2D eigenvalue weighted by molar-refractivity contribution is 7.89. The third-order valence-corrected chi connectivity index (χ3v) is 5.46. The van der Waals surface area contributed by atoms with Gasteiger partial charge in [0, 0.05) is 12.1 Å². The molecule has 0 spiro atoms. The number of benzene rings is 2. The number of rotatable bonds is 8. The van der Waals surface area contributed by atoms with Crippen LogP contribution in [-0.2, 0) is 27.9 Å². The van der Waals surface area contributed by atoms with Crippen LogP contribution in [0.2, 0.25) is 0 Å². The number of ether oxygens (including phenoxy) is 1. The molecule has 0 aliphatic heterocycles. The predicted molar refractivity (Wildman–Crippen MR) is 101 cm³/mol. The molecule has 158 valence electrons. The van der Waals surface area contributed by atoms with E-state index in [0.29, 0.717) is 11.1 Å². The molecule has 29 heavy (non-hydrogen) atoms. The summed E-state index contributed by atoms with van der Waals surface area (Å²) in [7, 11) is -2.39. The zero-order valence-electron chi connectivity index (χ0n) is 15.8. The van der Waals surface area contributed by atoms with Gasteiger partial charge < -0.3 is 10.1 Å². The molecule has 0 saturated heterocycles. The average Bonchev–Trinajstić information content (AvgIpc) is 2.66. The Hall–Kier alpha value is -2.43. The van der Waals surface area contributed by atoms with Crippen LogP contribution in [0.4, 0.5) is 13.2 Å². The summed E-state index contributed by atoms with van der Waals surface area (Å²) in [5.74, 6) is -0.437. The van der Waals surface area contributed by atoms with E-state index in [1.807, 2.05) is 0 Å². The van der Waals surface area contributed by atoms with Gasteiger partial charge in [-0.05, 0) is 42.8 Å². The Morgan fingerprint density at radius 3 is 2.28 bits per heavy atom. The van der Waals surface area contributed by atoms with Crippen molar-refractivity contribution in [2.75, 3.05) is 13.7 Å². The van der Waals surface area contributed by atoms with Crippen LogP contribution >= 0.6 is 0 Å². The number of hydrogen-bond donors (Lipinski definition) is 2. The molecule has 2 N–H and O–H groups in total. The molecule has 0 aliphatic rings. The number of carbonyl (C=O) groups excluding carboxylic acids is 1. The van der Waals surface area contributed by atoms with E-state index in [4.69, 9.17) is 0 Å². The second-order valence-electron chi connectivity index (χ2n) is 6.29. The highest BCUT2D eigenvalue weighted by atomic mass is 32.2. The van der Waals surface area contributed by atoms with Gasteiger partial charge in [-0.3, -0.25) is 4.79 Å². The normalized spacial score (nSPS) is 12.0. The van der Waals surface area contributed by atoms with Crippen LogP contribution in [0.15, 0.2) is 47.4 Å². The first kappa shape index (κ1) is 22.9. The molecule has 0 heterocycles. The van der Waals surface area contributed by atoms with Gasteiger partial charge in [0.1, 0.15) is 6.61 Å². The number of carbonyl (C=O) groups is 1. The maximum Gasteiger partial charge on any atom is 0.411 e. The number of halogens is 3. The number of sulfonamides is 1. The quantitative estimate of drug-likeness (QED) is 0.675. The van der Waals surface area contributed by atoms with E-state index in [0.717, 1.165) is 5.56 Å². The van der Waals surface area contributed by atoms with E-state index in [2.05, 4.69) is 14.8 Å². The van der Waals surface area contributed by atoms with E-state index >= 15 is 0 Å². The Kier molecular flexibility index (Phi) is 7.39. The van der Waals surface area contributed by atoms with Gasteiger partial charge in [0.05, 0.1) is 11.5 Å². The average molecular weight is 430 g/mol. The fraction of sp³-hybridized carbons (Fsp3) is 0.316. The molecule has 0 atom stereocenters. The van der Waals surface area contributed by atoms with Gasteiger partial charge in [-0.1, -0.05) is 30.3 Å². The highest BCUT2D eigenvalue weighted by Gasteiger charge is 2.27. The summed E-state index contributed by atoms with van der Waals surface area (Å²) in [6.07, 6.45) is -4.37. The highest BCUT2D eigenvalue weighted by Crippen LogP contribution is 2.17. The smallest absolute Gasteiger partial charge is 0.367 e. The van der Waals surface area contributed by atoms with Crippen LogP contribution in [0.3, 0.4) is 0 Å². The van der Waals surface area contributed by atoms with Crippen molar-refractivity contribution in [1.82, 2.24) is 10.0 Å². The third kappa shape index (κ3) is 6.84. The van der Waals surface area contributed by atoms with Gasteiger partial charge in [-0.2, -0.15) is 13.2 Å². The zero-order valence-corrected chi connectivity index (χ0v) is 16.7. The number of nitrogens with one attached hydrogen (secondary N) is 2. The summed E-state index contributed by atoms with van der Waals surface area (Å²) in [4.78, 5) is 12.4. The Balaban J connectivity index is 1.98. The predicted octanol–water partition coefficient (Wildman–Crippen LogP) is 2.91. The molecule has 0 bridgehead atoms. The molecule has 6 nitrogen and oxygen atoms in total. The van der Waals surface area contributed by atoms with Crippen molar-refractivity contribution < 1.29 is 31.1 Å². The molecule has 10 heteroatoms. The van der Waals surface area contributed by atoms with E-state index in [1.54, 1.807) is 37.3 Å². The van der Waals surface area contributed by atoms with Crippen LogP contribution < -0.4 is 10.0 Å². The largest absolute Gasteiger partial charge is 0.411 e. The van der Waals surface area contributed by atoms with Gasteiger partial charge in [-0.15, -0.1) is 0 Å². The minimum atomic E-state index is -4.37. The van der Waals surface area contributed by atoms with Gasteiger partial charge >= 0.3 is 6.18 Å². The zero-order chi connectivity index (χ0) is 21.7. The molecule has 0 saturated carbocycles.